The zero-order valence-electron chi connectivity index (χ0n) is 12.8. The SMILES string of the molecule is COc1ccnc(C(=O)N2CCCC[C@H]2c2nc(C)cs2)c1. The summed E-state index contributed by atoms with van der Waals surface area (Å²) in [5, 5.41) is 3.06. The molecule has 5 nitrogen and oxygen atoms in total. The van der Waals surface area contributed by atoms with Crippen LogP contribution in [0.5, 0.6) is 5.75 Å². The minimum Gasteiger partial charge on any atom is -0.497 e. The number of carbonyl (C=O) groups excluding carboxylic acids is 1. The van der Waals surface area contributed by atoms with E-state index in [4.69, 9.17) is 4.74 Å². The Balaban J connectivity index is 1.88. The summed E-state index contributed by atoms with van der Waals surface area (Å²) in [6.45, 7) is 2.74. The van der Waals surface area contributed by atoms with Crippen LogP contribution in [0.15, 0.2) is 23.7 Å². The monoisotopic (exact) mass is 317 g/mol. The van der Waals surface area contributed by atoms with E-state index in [9.17, 15) is 4.79 Å². The second-order valence-corrected chi connectivity index (χ2v) is 6.31. The maximum absolute atomic E-state index is 12.8. The summed E-state index contributed by atoms with van der Waals surface area (Å²) in [7, 11) is 1.59. The number of ether oxygens (including phenoxy) is 1. The van der Waals surface area contributed by atoms with Crippen LogP contribution < -0.4 is 4.74 Å². The summed E-state index contributed by atoms with van der Waals surface area (Å²) in [5.41, 5.74) is 1.44. The van der Waals surface area contributed by atoms with Crippen molar-refractivity contribution in [3.05, 3.63) is 40.1 Å². The molecule has 0 saturated carbocycles. The molecule has 2 aromatic rings. The van der Waals surface area contributed by atoms with E-state index in [0.29, 0.717) is 11.4 Å². The van der Waals surface area contributed by atoms with Gasteiger partial charge in [0.2, 0.25) is 0 Å². The molecule has 1 fully saturated rings. The fourth-order valence-electron chi connectivity index (χ4n) is 2.76. The number of thiazole rings is 1. The van der Waals surface area contributed by atoms with E-state index in [1.807, 2.05) is 17.2 Å². The fraction of sp³-hybridized carbons (Fsp3) is 0.438. The summed E-state index contributed by atoms with van der Waals surface area (Å²) in [5.74, 6) is 0.605. The number of hydrogen-bond donors (Lipinski definition) is 0. The molecule has 0 N–H and O–H groups in total. The number of aromatic nitrogens is 2. The van der Waals surface area contributed by atoms with Crippen molar-refractivity contribution >= 4 is 17.2 Å². The van der Waals surface area contributed by atoms with Crippen LogP contribution in [0, 0.1) is 6.92 Å². The molecule has 1 aliphatic heterocycles. The summed E-state index contributed by atoms with van der Waals surface area (Å²) in [6, 6.07) is 3.50. The Labute approximate surface area is 134 Å². The average Bonchev–Trinajstić information content (AvgIpc) is 3.00. The van der Waals surface area contributed by atoms with Crippen molar-refractivity contribution < 1.29 is 9.53 Å². The molecule has 116 valence electrons. The van der Waals surface area contributed by atoms with Gasteiger partial charge in [-0.05, 0) is 32.3 Å². The highest BCUT2D eigenvalue weighted by atomic mass is 32.1. The highest BCUT2D eigenvalue weighted by Crippen LogP contribution is 2.33. The number of amides is 1. The van der Waals surface area contributed by atoms with E-state index >= 15 is 0 Å². The van der Waals surface area contributed by atoms with Gasteiger partial charge in [0.1, 0.15) is 16.5 Å². The topological polar surface area (TPSA) is 55.3 Å². The maximum Gasteiger partial charge on any atom is 0.273 e. The Kier molecular flexibility index (Phi) is 4.38. The van der Waals surface area contributed by atoms with E-state index in [1.54, 1.807) is 36.8 Å². The maximum atomic E-state index is 12.8. The van der Waals surface area contributed by atoms with E-state index < -0.39 is 0 Å². The number of rotatable bonds is 3. The Bertz CT molecular complexity index is 671. The van der Waals surface area contributed by atoms with Gasteiger partial charge in [0.05, 0.1) is 13.2 Å². The lowest BCUT2D eigenvalue weighted by Crippen LogP contribution is -2.38. The van der Waals surface area contributed by atoms with E-state index in [-0.39, 0.29) is 11.9 Å². The first-order chi connectivity index (χ1) is 10.7. The molecule has 3 rings (SSSR count). The Morgan fingerprint density at radius 3 is 3.05 bits per heavy atom. The molecule has 0 aromatic carbocycles. The quantitative estimate of drug-likeness (QED) is 0.872. The zero-order valence-corrected chi connectivity index (χ0v) is 13.6. The average molecular weight is 317 g/mol. The third-order valence-electron chi connectivity index (χ3n) is 3.87. The number of methoxy groups -OCH3 is 1. The van der Waals surface area contributed by atoms with Crippen LogP contribution in [0.1, 0.15) is 46.5 Å². The number of carbonyl (C=O) groups is 1. The largest absolute Gasteiger partial charge is 0.497 e. The molecule has 1 atom stereocenters. The van der Waals surface area contributed by atoms with Crippen LogP contribution in [-0.4, -0.2) is 34.4 Å². The first-order valence-electron chi connectivity index (χ1n) is 7.42. The second kappa shape index (κ2) is 6.44. The Morgan fingerprint density at radius 2 is 2.32 bits per heavy atom. The lowest BCUT2D eigenvalue weighted by Gasteiger charge is -2.34. The van der Waals surface area contributed by atoms with E-state index in [2.05, 4.69) is 9.97 Å². The van der Waals surface area contributed by atoms with Crippen molar-refractivity contribution in [1.82, 2.24) is 14.9 Å². The van der Waals surface area contributed by atoms with Crippen molar-refractivity contribution in [1.29, 1.82) is 0 Å². The summed E-state index contributed by atoms with van der Waals surface area (Å²) in [6.07, 6.45) is 4.72. The third kappa shape index (κ3) is 2.97. The summed E-state index contributed by atoms with van der Waals surface area (Å²) < 4.78 is 5.19. The standard InChI is InChI=1S/C16H19N3O2S/c1-11-10-22-15(18-11)14-5-3-4-8-19(14)16(20)13-9-12(21-2)6-7-17-13/h6-7,9-10,14H,3-5,8H2,1-2H3/t14-/m0/s1. The van der Waals surface area contributed by atoms with Gasteiger partial charge in [-0.2, -0.15) is 0 Å². The molecule has 0 radical (unpaired) electrons. The van der Waals surface area contributed by atoms with Crippen LogP contribution in [0.3, 0.4) is 0 Å². The Hall–Kier alpha value is -1.95. The molecule has 0 unspecified atom stereocenters. The smallest absolute Gasteiger partial charge is 0.273 e. The van der Waals surface area contributed by atoms with Gasteiger partial charge < -0.3 is 9.64 Å². The number of pyridine rings is 1. The van der Waals surface area contributed by atoms with Gasteiger partial charge in [-0.25, -0.2) is 4.98 Å². The second-order valence-electron chi connectivity index (χ2n) is 5.42. The van der Waals surface area contributed by atoms with Crippen molar-refractivity contribution in [2.24, 2.45) is 0 Å². The number of aryl methyl sites for hydroxylation is 1. The van der Waals surface area contributed by atoms with Crippen molar-refractivity contribution in [3.8, 4) is 5.75 Å². The molecule has 6 heteroatoms. The summed E-state index contributed by atoms with van der Waals surface area (Å²) >= 11 is 1.63. The van der Waals surface area contributed by atoms with Crippen LogP contribution >= 0.6 is 11.3 Å². The van der Waals surface area contributed by atoms with Gasteiger partial charge >= 0.3 is 0 Å². The number of nitrogens with zero attached hydrogens (tertiary/aromatic N) is 3. The molecule has 1 aliphatic rings. The van der Waals surface area contributed by atoms with E-state index in [0.717, 1.165) is 36.5 Å². The van der Waals surface area contributed by atoms with Gasteiger partial charge in [0.25, 0.3) is 5.91 Å². The third-order valence-corrected chi connectivity index (χ3v) is 4.94. The lowest BCUT2D eigenvalue weighted by molar-refractivity contribution is 0.0604. The molecule has 0 aliphatic carbocycles. The molecule has 22 heavy (non-hydrogen) atoms. The van der Waals surface area contributed by atoms with Crippen molar-refractivity contribution in [2.45, 2.75) is 32.2 Å². The van der Waals surface area contributed by atoms with Crippen LogP contribution in [0.4, 0.5) is 0 Å². The molecule has 1 saturated heterocycles. The predicted molar refractivity (Wildman–Crippen MR) is 85.3 cm³/mol. The predicted octanol–water partition coefficient (Wildman–Crippen LogP) is 3.22. The highest BCUT2D eigenvalue weighted by Gasteiger charge is 2.31. The molecular formula is C16H19N3O2S. The van der Waals surface area contributed by atoms with Crippen LogP contribution in [-0.2, 0) is 0 Å². The normalized spacial score (nSPS) is 18.3. The van der Waals surface area contributed by atoms with Crippen LogP contribution in [0.25, 0.3) is 0 Å². The molecule has 3 heterocycles. The lowest BCUT2D eigenvalue weighted by atomic mass is 10.0. The van der Waals surface area contributed by atoms with Gasteiger partial charge in [-0.1, -0.05) is 0 Å². The number of hydrogen-bond acceptors (Lipinski definition) is 5. The van der Waals surface area contributed by atoms with Crippen LogP contribution in [0.2, 0.25) is 0 Å². The molecular weight excluding hydrogens is 298 g/mol. The Morgan fingerprint density at radius 1 is 1.45 bits per heavy atom. The first-order valence-corrected chi connectivity index (χ1v) is 8.30. The molecule has 0 spiro atoms. The van der Waals surface area contributed by atoms with Gasteiger partial charge in [0.15, 0.2) is 0 Å². The van der Waals surface area contributed by atoms with Crippen molar-refractivity contribution in [3.63, 3.8) is 0 Å². The first kappa shape index (κ1) is 15.0. The minimum absolute atomic E-state index is 0.0450. The minimum atomic E-state index is -0.0450. The fourth-order valence-corrected chi connectivity index (χ4v) is 3.70. The highest BCUT2D eigenvalue weighted by molar-refractivity contribution is 7.09. The zero-order chi connectivity index (χ0) is 15.5. The summed E-state index contributed by atoms with van der Waals surface area (Å²) in [4.78, 5) is 23.5. The molecule has 1 amide bonds. The van der Waals surface area contributed by atoms with E-state index in [1.165, 1.54) is 0 Å². The van der Waals surface area contributed by atoms with Gasteiger partial charge in [-0.15, -0.1) is 11.3 Å². The van der Waals surface area contributed by atoms with Gasteiger partial charge in [-0.3, -0.25) is 9.78 Å². The molecule has 2 aromatic heterocycles. The van der Waals surface area contributed by atoms with Crippen molar-refractivity contribution in [2.75, 3.05) is 13.7 Å². The van der Waals surface area contributed by atoms with Gasteiger partial charge in [0, 0.05) is 29.9 Å². The number of piperidine rings is 1. The number of likely N-dealkylation sites (tertiary alicyclic amines) is 1. The molecule has 0 bridgehead atoms.